The monoisotopic (exact) mass is 426 g/mol. The van der Waals surface area contributed by atoms with Gasteiger partial charge in [0.15, 0.2) is 0 Å². The highest BCUT2D eigenvalue weighted by atomic mass is 16.6. The first-order valence-electron chi connectivity index (χ1n) is 9.12. The zero-order valence-electron chi connectivity index (χ0n) is 18.7. The maximum Gasteiger partial charge on any atom is 0.333 e. The van der Waals surface area contributed by atoms with Crippen LogP contribution in [0.3, 0.4) is 0 Å². The molecule has 8 heteroatoms. The van der Waals surface area contributed by atoms with E-state index in [-0.39, 0.29) is 25.2 Å². The molecule has 0 aliphatic heterocycles. The van der Waals surface area contributed by atoms with Gasteiger partial charge in [-0.2, -0.15) is 0 Å². The van der Waals surface area contributed by atoms with Crippen molar-refractivity contribution in [1.82, 2.24) is 0 Å². The molecule has 0 atom stereocenters. The summed E-state index contributed by atoms with van der Waals surface area (Å²) in [6.45, 7) is 20.7. The predicted octanol–water partition coefficient (Wildman–Crippen LogP) is 3.48. The van der Waals surface area contributed by atoms with Gasteiger partial charge in [0.05, 0.1) is 13.7 Å². The Bertz CT molecular complexity index is 589. The molecule has 0 bridgehead atoms. The van der Waals surface area contributed by atoms with Crippen LogP contribution in [0.25, 0.3) is 0 Å². The second kappa shape index (κ2) is 20.6. The number of hydrogen-bond donors (Lipinski definition) is 0. The molecule has 0 rings (SSSR count). The molecular weight excluding hydrogens is 392 g/mol. The summed E-state index contributed by atoms with van der Waals surface area (Å²) in [5.74, 6) is -1.66. The van der Waals surface area contributed by atoms with Crippen LogP contribution in [-0.4, -0.2) is 50.8 Å². The molecule has 0 radical (unpaired) electrons. The third kappa shape index (κ3) is 22.9. The summed E-state index contributed by atoms with van der Waals surface area (Å²) < 4.78 is 18.3. The number of carbonyl (C=O) groups is 4. The molecule has 0 amide bonds. The van der Waals surface area contributed by atoms with Crippen LogP contribution in [0.2, 0.25) is 0 Å². The van der Waals surface area contributed by atoms with E-state index < -0.39 is 11.9 Å². The average Bonchev–Trinajstić information content (AvgIpc) is 2.70. The SMILES string of the molecule is C=C(C)C(=O)OC.C=C(C)C(=O)OCCOC(=O)C(=C)C.C=CC(=O)OCCCC. The first-order valence-corrected chi connectivity index (χ1v) is 9.12. The van der Waals surface area contributed by atoms with Gasteiger partial charge >= 0.3 is 23.9 Å². The van der Waals surface area contributed by atoms with Crippen molar-refractivity contribution < 1.29 is 38.1 Å². The molecule has 0 heterocycles. The van der Waals surface area contributed by atoms with Gasteiger partial charge in [0, 0.05) is 22.8 Å². The summed E-state index contributed by atoms with van der Waals surface area (Å²) in [5, 5.41) is 0. The molecule has 0 aromatic carbocycles. The molecule has 0 N–H and O–H groups in total. The van der Waals surface area contributed by atoms with Crippen LogP contribution in [0.4, 0.5) is 0 Å². The standard InChI is InChI=1S/C10H14O4.C7H12O2.C5H8O2/c1-7(2)9(11)13-5-6-14-10(12)8(3)4;1-3-5-6-9-7(8)4-2;1-4(2)5(6)7-3/h1,3,5-6H2,2,4H3;4H,2-3,5-6H2,1H3;1H2,2-3H3. The quantitative estimate of drug-likeness (QED) is 0.226. The lowest BCUT2D eigenvalue weighted by Gasteiger charge is -2.05. The molecule has 170 valence electrons. The van der Waals surface area contributed by atoms with Gasteiger partial charge < -0.3 is 18.9 Å². The number of carbonyl (C=O) groups excluding carboxylic acids is 4. The lowest BCUT2D eigenvalue weighted by Crippen LogP contribution is -2.14. The summed E-state index contributed by atoms with van der Waals surface area (Å²) in [6, 6.07) is 0. The fraction of sp³-hybridized carbons (Fsp3) is 0.455. The maximum absolute atomic E-state index is 10.8. The largest absolute Gasteiger partial charge is 0.466 e. The van der Waals surface area contributed by atoms with Gasteiger partial charge in [0.2, 0.25) is 0 Å². The predicted molar refractivity (Wildman–Crippen MR) is 114 cm³/mol. The Morgan fingerprint density at radius 3 is 1.37 bits per heavy atom. The average molecular weight is 427 g/mol. The Balaban J connectivity index is -0.000000393. The molecule has 0 unspecified atom stereocenters. The Hall–Kier alpha value is -3.16. The van der Waals surface area contributed by atoms with Gasteiger partial charge in [-0.1, -0.05) is 39.7 Å². The van der Waals surface area contributed by atoms with Crippen molar-refractivity contribution in [2.45, 2.75) is 40.5 Å². The summed E-state index contributed by atoms with van der Waals surface area (Å²) in [5.41, 5.74) is 1.06. The Kier molecular flexibility index (Phi) is 21.6. The molecule has 30 heavy (non-hydrogen) atoms. The number of hydrogen-bond acceptors (Lipinski definition) is 8. The number of esters is 4. The number of rotatable bonds is 10. The summed E-state index contributed by atoms with van der Waals surface area (Å²) in [7, 11) is 1.33. The van der Waals surface area contributed by atoms with Crippen LogP contribution >= 0.6 is 0 Å². The van der Waals surface area contributed by atoms with Crippen molar-refractivity contribution in [3.8, 4) is 0 Å². The molecule has 0 aliphatic carbocycles. The van der Waals surface area contributed by atoms with E-state index in [4.69, 9.17) is 0 Å². The van der Waals surface area contributed by atoms with E-state index in [0.717, 1.165) is 12.8 Å². The van der Waals surface area contributed by atoms with Gasteiger partial charge in [-0.25, -0.2) is 19.2 Å². The van der Waals surface area contributed by atoms with E-state index in [1.807, 2.05) is 6.92 Å². The van der Waals surface area contributed by atoms with E-state index in [9.17, 15) is 19.2 Å². The third-order valence-corrected chi connectivity index (χ3v) is 2.69. The third-order valence-electron chi connectivity index (χ3n) is 2.69. The van der Waals surface area contributed by atoms with Crippen LogP contribution in [-0.2, 0) is 38.1 Å². The minimum atomic E-state index is -0.489. The molecule has 0 spiro atoms. The van der Waals surface area contributed by atoms with Crippen molar-refractivity contribution in [2.75, 3.05) is 26.9 Å². The van der Waals surface area contributed by atoms with Crippen LogP contribution in [0, 0.1) is 0 Å². The Morgan fingerprint density at radius 2 is 1.13 bits per heavy atom. The van der Waals surface area contributed by atoms with E-state index in [1.54, 1.807) is 20.8 Å². The maximum atomic E-state index is 10.8. The topological polar surface area (TPSA) is 105 Å². The Labute approximate surface area is 179 Å². The molecule has 0 aliphatic rings. The zero-order chi connectivity index (χ0) is 24.1. The summed E-state index contributed by atoms with van der Waals surface area (Å²) in [4.78, 5) is 42.2. The molecule has 0 aromatic heterocycles. The molecule has 0 fully saturated rings. The minimum Gasteiger partial charge on any atom is -0.466 e. The van der Waals surface area contributed by atoms with Crippen molar-refractivity contribution in [3.05, 3.63) is 49.1 Å². The molecular formula is C22H34O8. The van der Waals surface area contributed by atoms with Crippen LogP contribution in [0.5, 0.6) is 0 Å². The molecule has 0 saturated heterocycles. The molecule has 8 nitrogen and oxygen atoms in total. The summed E-state index contributed by atoms with van der Waals surface area (Å²) in [6.07, 6.45) is 3.15. The first-order chi connectivity index (χ1) is 13.9. The molecule has 0 aromatic rings. The van der Waals surface area contributed by atoms with E-state index in [1.165, 1.54) is 13.2 Å². The van der Waals surface area contributed by atoms with Crippen molar-refractivity contribution >= 4 is 23.9 Å². The highest BCUT2D eigenvalue weighted by Gasteiger charge is 2.05. The zero-order valence-corrected chi connectivity index (χ0v) is 18.7. The van der Waals surface area contributed by atoms with Gasteiger partial charge in [-0.15, -0.1) is 0 Å². The van der Waals surface area contributed by atoms with Gasteiger partial charge in [0.25, 0.3) is 0 Å². The van der Waals surface area contributed by atoms with Crippen molar-refractivity contribution in [1.29, 1.82) is 0 Å². The smallest absolute Gasteiger partial charge is 0.333 e. The van der Waals surface area contributed by atoms with Crippen LogP contribution in [0.1, 0.15) is 40.5 Å². The second-order valence-corrected chi connectivity index (χ2v) is 5.83. The van der Waals surface area contributed by atoms with Crippen LogP contribution < -0.4 is 0 Å². The van der Waals surface area contributed by atoms with Gasteiger partial charge in [-0.3, -0.25) is 0 Å². The minimum absolute atomic E-state index is 0.0325. The highest BCUT2D eigenvalue weighted by Crippen LogP contribution is 1.94. The molecule has 0 saturated carbocycles. The highest BCUT2D eigenvalue weighted by molar-refractivity contribution is 5.87. The van der Waals surface area contributed by atoms with Gasteiger partial charge in [-0.05, 0) is 27.2 Å². The van der Waals surface area contributed by atoms with Gasteiger partial charge in [0.1, 0.15) is 13.2 Å². The first kappa shape index (κ1) is 31.5. The number of methoxy groups -OCH3 is 1. The number of unbranched alkanes of at least 4 members (excludes halogenated alkanes) is 1. The van der Waals surface area contributed by atoms with Crippen molar-refractivity contribution in [2.24, 2.45) is 0 Å². The van der Waals surface area contributed by atoms with Crippen molar-refractivity contribution in [3.63, 3.8) is 0 Å². The summed E-state index contributed by atoms with van der Waals surface area (Å²) >= 11 is 0. The fourth-order valence-electron chi connectivity index (χ4n) is 1.07. The van der Waals surface area contributed by atoms with E-state index >= 15 is 0 Å². The lowest BCUT2D eigenvalue weighted by atomic mass is 10.4. The van der Waals surface area contributed by atoms with E-state index in [2.05, 4.69) is 45.3 Å². The van der Waals surface area contributed by atoms with E-state index in [0.29, 0.717) is 23.3 Å². The normalized spacial score (nSPS) is 8.57. The van der Waals surface area contributed by atoms with Crippen LogP contribution in [0.15, 0.2) is 49.1 Å². The second-order valence-electron chi connectivity index (χ2n) is 5.83. The number of ether oxygens (including phenoxy) is 4. The lowest BCUT2D eigenvalue weighted by molar-refractivity contribution is -0.147. The fourth-order valence-corrected chi connectivity index (χ4v) is 1.07. The Morgan fingerprint density at radius 1 is 0.733 bits per heavy atom.